The van der Waals surface area contributed by atoms with Gasteiger partial charge in [0.25, 0.3) is 0 Å². The van der Waals surface area contributed by atoms with E-state index in [9.17, 15) is 13.2 Å². The monoisotopic (exact) mass is 387 g/mol. The van der Waals surface area contributed by atoms with Crippen LogP contribution in [0.25, 0.3) is 10.8 Å². The highest BCUT2D eigenvalue weighted by molar-refractivity contribution is 5.86. The van der Waals surface area contributed by atoms with Crippen molar-refractivity contribution in [1.29, 1.82) is 0 Å². The number of aryl methyl sites for hydroxylation is 1. The summed E-state index contributed by atoms with van der Waals surface area (Å²) >= 11 is 0. The first-order valence-corrected chi connectivity index (χ1v) is 9.40. The minimum Gasteiger partial charge on any atom is -0.406 e. The fourth-order valence-corrected chi connectivity index (χ4v) is 3.51. The van der Waals surface area contributed by atoms with Crippen LogP contribution < -0.4 is 10.1 Å². The third-order valence-electron chi connectivity index (χ3n) is 4.82. The summed E-state index contributed by atoms with van der Waals surface area (Å²) in [4.78, 5) is 0. The van der Waals surface area contributed by atoms with Gasteiger partial charge in [-0.2, -0.15) is 0 Å². The van der Waals surface area contributed by atoms with Gasteiger partial charge in [-0.1, -0.05) is 54.6 Å². The van der Waals surface area contributed by atoms with Crippen molar-refractivity contribution in [3.8, 4) is 5.75 Å². The number of nitrogens with one attached hydrogen (secondary N) is 1. The number of ether oxygens (including phenoxy) is 1. The molecular weight excluding hydrogens is 363 g/mol. The van der Waals surface area contributed by atoms with Crippen LogP contribution in [-0.2, 0) is 6.42 Å². The Morgan fingerprint density at radius 2 is 1.64 bits per heavy atom. The van der Waals surface area contributed by atoms with E-state index in [0.717, 1.165) is 12.0 Å². The van der Waals surface area contributed by atoms with Crippen LogP contribution in [0.15, 0.2) is 66.7 Å². The van der Waals surface area contributed by atoms with Crippen molar-refractivity contribution in [3.63, 3.8) is 0 Å². The van der Waals surface area contributed by atoms with Gasteiger partial charge in [0.15, 0.2) is 0 Å². The zero-order valence-corrected chi connectivity index (χ0v) is 16.0. The minimum absolute atomic E-state index is 0.168. The van der Waals surface area contributed by atoms with E-state index < -0.39 is 6.36 Å². The van der Waals surface area contributed by atoms with Crippen LogP contribution >= 0.6 is 0 Å². The van der Waals surface area contributed by atoms with Gasteiger partial charge in [-0.05, 0) is 60.7 Å². The van der Waals surface area contributed by atoms with E-state index in [-0.39, 0.29) is 17.8 Å². The van der Waals surface area contributed by atoms with E-state index in [1.165, 1.54) is 28.5 Å². The summed E-state index contributed by atoms with van der Waals surface area (Å²) in [7, 11) is 0. The third-order valence-corrected chi connectivity index (χ3v) is 4.82. The molecule has 0 aromatic heterocycles. The molecule has 2 atom stereocenters. The Bertz CT molecular complexity index is 918. The highest BCUT2D eigenvalue weighted by Gasteiger charge is 2.31. The van der Waals surface area contributed by atoms with E-state index in [1.807, 2.05) is 18.2 Å². The van der Waals surface area contributed by atoms with E-state index >= 15 is 0 Å². The molecule has 0 saturated heterocycles. The molecule has 3 aromatic carbocycles. The zero-order chi connectivity index (χ0) is 20.1. The summed E-state index contributed by atoms with van der Waals surface area (Å²) in [5, 5.41) is 6.04. The first kappa shape index (κ1) is 20.2. The highest BCUT2D eigenvalue weighted by Crippen LogP contribution is 2.26. The second kappa shape index (κ2) is 8.65. The Hall–Kier alpha value is -2.53. The average molecular weight is 387 g/mol. The number of fused-ring (bicyclic) bond motifs is 1. The summed E-state index contributed by atoms with van der Waals surface area (Å²) in [6.07, 6.45) is -3.18. The molecule has 0 aliphatic rings. The van der Waals surface area contributed by atoms with Crippen LogP contribution in [0.1, 0.15) is 37.4 Å². The van der Waals surface area contributed by atoms with Gasteiger partial charge >= 0.3 is 6.36 Å². The predicted molar refractivity (Wildman–Crippen MR) is 106 cm³/mol. The SMILES string of the molecule is C[C@H](CCc1cccc(OC(F)(F)F)c1)N[C@H](C)c1cccc2ccccc12. The summed E-state index contributed by atoms with van der Waals surface area (Å²) < 4.78 is 41.1. The lowest BCUT2D eigenvalue weighted by molar-refractivity contribution is -0.274. The standard InChI is InChI=1S/C23H24F3NO/c1-16(13-14-18-7-5-10-20(15-18)28-23(24,25)26)27-17(2)21-12-6-9-19-8-3-4-11-22(19)21/h3-12,15-17,27H,13-14H2,1-2H3/t16-,17-/m1/s1. The summed E-state index contributed by atoms with van der Waals surface area (Å²) in [5.74, 6) is -0.172. The van der Waals surface area contributed by atoms with Crippen molar-refractivity contribution in [2.75, 3.05) is 0 Å². The van der Waals surface area contributed by atoms with Crippen LogP contribution in [0.4, 0.5) is 13.2 Å². The van der Waals surface area contributed by atoms with Gasteiger partial charge in [-0.3, -0.25) is 0 Å². The Morgan fingerprint density at radius 3 is 2.43 bits per heavy atom. The molecule has 2 nitrogen and oxygen atoms in total. The molecule has 0 aliphatic heterocycles. The molecule has 0 amide bonds. The number of benzene rings is 3. The smallest absolute Gasteiger partial charge is 0.406 e. The van der Waals surface area contributed by atoms with Crippen molar-refractivity contribution < 1.29 is 17.9 Å². The predicted octanol–water partition coefficient (Wildman–Crippen LogP) is 6.41. The van der Waals surface area contributed by atoms with Gasteiger partial charge in [0.2, 0.25) is 0 Å². The van der Waals surface area contributed by atoms with Gasteiger partial charge in [0.05, 0.1) is 0 Å². The van der Waals surface area contributed by atoms with Gasteiger partial charge in [0.1, 0.15) is 5.75 Å². The molecule has 28 heavy (non-hydrogen) atoms. The topological polar surface area (TPSA) is 21.3 Å². The molecule has 0 fully saturated rings. The molecular formula is C23H24F3NO. The van der Waals surface area contributed by atoms with Crippen molar-refractivity contribution in [1.82, 2.24) is 5.32 Å². The molecule has 3 aromatic rings. The summed E-state index contributed by atoms with van der Waals surface area (Å²) in [6.45, 7) is 4.23. The van der Waals surface area contributed by atoms with E-state index in [4.69, 9.17) is 0 Å². The number of alkyl halides is 3. The lowest BCUT2D eigenvalue weighted by atomic mass is 9.98. The Kier molecular flexibility index (Phi) is 6.25. The molecule has 0 radical (unpaired) electrons. The average Bonchev–Trinajstić information content (AvgIpc) is 2.65. The number of hydrogen-bond donors (Lipinski definition) is 1. The lowest BCUT2D eigenvalue weighted by Gasteiger charge is -2.22. The first-order chi connectivity index (χ1) is 13.3. The number of rotatable bonds is 7. The third kappa shape index (κ3) is 5.49. The maximum Gasteiger partial charge on any atom is 0.573 e. The fourth-order valence-electron chi connectivity index (χ4n) is 3.51. The van der Waals surface area contributed by atoms with E-state index in [2.05, 4.69) is 54.2 Å². The maximum atomic E-state index is 12.4. The number of halogens is 3. The molecule has 5 heteroatoms. The van der Waals surface area contributed by atoms with E-state index in [1.54, 1.807) is 6.07 Å². The quantitative estimate of drug-likeness (QED) is 0.506. The van der Waals surface area contributed by atoms with Gasteiger partial charge < -0.3 is 10.1 Å². The first-order valence-electron chi connectivity index (χ1n) is 9.40. The minimum atomic E-state index is -4.67. The Balaban J connectivity index is 1.60. The molecule has 1 N–H and O–H groups in total. The molecule has 0 aliphatic carbocycles. The van der Waals surface area contributed by atoms with Crippen LogP contribution in [0, 0.1) is 0 Å². The van der Waals surface area contributed by atoms with Crippen LogP contribution in [-0.4, -0.2) is 12.4 Å². The fraction of sp³-hybridized carbons (Fsp3) is 0.304. The Morgan fingerprint density at radius 1 is 0.929 bits per heavy atom. The maximum absolute atomic E-state index is 12.4. The van der Waals surface area contributed by atoms with Crippen molar-refractivity contribution in [2.45, 2.75) is 45.1 Å². The van der Waals surface area contributed by atoms with Crippen LogP contribution in [0.2, 0.25) is 0 Å². The van der Waals surface area contributed by atoms with Crippen molar-refractivity contribution >= 4 is 10.8 Å². The summed E-state index contributed by atoms with van der Waals surface area (Å²) in [5.41, 5.74) is 2.07. The van der Waals surface area contributed by atoms with E-state index in [0.29, 0.717) is 6.42 Å². The zero-order valence-electron chi connectivity index (χ0n) is 16.0. The highest BCUT2D eigenvalue weighted by atomic mass is 19.4. The molecule has 0 saturated carbocycles. The number of hydrogen-bond acceptors (Lipinski definition) is 2. The molecule has 0 spiro atoms. The van der Waals surface area contributed by atoms with Crippen LogP contribution in [0.5, 0.6) is 5.75 Å². The van der Waals surface area contributed by atoms with Gasteiger partial charge in [0, 0.05) is 12.1 Å². The lowest BCUT2D eigenvalue weighted by Crippen LogP contribution is -2.29. The normalized spacial score (nSPS) is 14.0. The molecule has 0 heterocycles. The van der Waals surface area contributed by atoms with Gasteiger partial charge in [-0.25, -0.2) is 0 Å². The second-order valence-corrected chi connectivity index (χ2v) is 7.09. The summed E-state index contributed by atoms with van der Waals surface area (Å²) in [6, 6.07) is 21.2. The van der Waals surface area contributed by atoms with Gasteiger partial charge in [-0.15, -0.1) is 13.2 Å². The van der Waals surface area contributed by atoms with Crippen molar-refractivity contribution in [2.24, 2.45) is 0 Å². The van der Waals surface area contributed by atoms with Crippen LogP contribution in [0.3, 0.4) is 0 Å². The Labute approximate surface area is 163 Å². The largest absolute Gasteiger partial charge is 0.573 e. The molecule has 3 rings (SSSR count). The second-order valence-electron chi connectivity index (χ2n) is 7.09. The van der Waals surface area contributed by atoms with Crippen molar-refractivity contribution in [3.05, 3.63) is 77.9 Å². The molecule has 0 unspecified atom stereocenters. The molecule has 148 valence electrons. The molecule has 0 bridgehead atoms.